The number of carbonyl (C=O) groups is 1. The van der Waals surface area contributed by atoms with Crippen LogP contribution in [0.4, 0.5) is 5.69 Å². The normalized spacial score (nSPS) is 16.4. The number of hydrogen-bond donors (Lipinski definition) is 0. The molecule has 0 unspecified atom stereocenters. The molecule has 1 amide bonds. The maximum Gasteiger partial charge on any atom is 0.270 e. The molecular formula is C17H12ClNOS3. The number of hydrogen-bond acceptors (Lipinski definition) is 4. The lowest BCUT2D eigenvalue weighted by atomic mass is 10.2. The maximum absolute atomic E-state index is 12.7. The number of thioether (sulfide) groups is 2. The summed E-state index contributed by atoms with van der Waals surface area (Å²) in [5, 5.41) is 0.641. The van der Waals surface area contributed by atoms with E-state index in [1.807, 2.05) is 54.8 Å². The fourth-order valence-electron chi connectivity index (χ4n) is 2.19. The average Bonchev–Trinajstić information content (AvgIpc) is 2.81. The highest BCUT2D eigenvalue weighted by Crippen LogP contribution is 2.37. The highest BCUT2D eigenvalue weighted by molar-refractivity contribution is 8.27. The number of carbonyl (C=O) groups excluding carboxylic acids is 1. The molecule has 1 aliphatic heterocycles. The molecule has 0 aromatic heterocycles. The molecule has 1 fully saturated rings. The van der Waals surface area contributed by atoms with Gasteiger partial charge in [0.05, 0.1) is 10.6 Å². The van der Waals surface area contributed by atoms with Gasteiger partial charge in [0.1, 0.15) is 0 Å². The van der Waals surface area contributed by atoms with Gasteiger partial charge in [0.25, 0.3) is 5.91 Å². The number of benzene rings is 2. The zero-order valence-electron chi connectivity index (χ0n) is 12.2. The summed E-state index contributed by atoms with van der Waals surface area (Å²) in [5.41, 5.74) is 1.68. The van der Waals surface area contributed by atoms with E-state index in [4.69, 9.17) is 23.8 Å². The quantitative estimate of drug-likeness (QED) is 0.401. The van der Waals surface area contributed by atoms with Crippen molar-refractivity contribution >= 4 is 69.3 Å². The molecule has 0 radical (unpaired) electrons. The van der Waals surface area contributed by atoms with Crippen LogP contribution in [-0.4, -0.2) is 16.5 Å². The molecule has 1 aliphatic rings. The zero-order valence-corrected chi connectivity index (χ0v) is 15.4. The summed E-state index contributed by atoms with van der Waals surface area (Å²) in [6.07, 6.45) is 3.83. The second-order valence-electron chi connectivity index (χ2n) is 4.77. The van der Waals surface area contributed by atoms with E-state index < -0.39 is 0 Å². The molecule has 0 saturated carbocycles. The predicted molar refractivity (Wildman–Crippen MR) is 105 cm³/mol. The van der Waals surface area contributed by atoms with Gasteiger partial charge >= 0.3 is 0 Å². The molecule has 1 heterocycles. The smallest absolute Gasteiger partial charge is 0.268 e. The van der Waals surface area contributed by atoms with Gasteiger partial charge in [-0.3, -0.25) is 9.69 Å². The molecule has 2 aromatic rings. The Balaban J connectivity index is 1.93. The molecule has 3 rings (SSSR count). The largest absolute Gasteiger partial charge is 0.270 e. The van der Waals surface area contributed by atoms with E-state index in [-0.39, 0.29) is 5.91 Å². The molecule has 0 spiro atoms. The van der Waals surface area contributed by atoms with Crippen LogP contribution in [0, 0.1) is 0 Å². The van der Waals surface area contributed by atoms with Gasteiger partial charge in [-0.25, -0.2) is 0 Å². The van der Waals surface area contributed by atoms with Crippen molar-refractivity contribution in [1.29, 1.82) is 0 Å². The van der Waals surface area contributed by atoms with Crippen LogP contribution in [0.1, 0.15) is 5.56 Å². The van der Waals surface area contributed by atoms with Crippen molar-refractivity contribution < 1.29 is 4.79 Å². The number of thiocarbonyl (C=S) groups is 1. The summed E-state index contributed by atoms with van der Waals surface area (Å²) in [6.45, 7) is 0. The van der Waals surface area contributed by atoms with Gasteiger partial charge in [-0.1, -0.05) is 53.8 Å². The first kappa shape index (κ1) is 16.6. The standard InChI is InChI=1S/C17H12ClNOS3/c1-22-14-7-3-6-13(10-14)19-16(20)15(23-17(19)21)9-11-4-2-5-12(18)8-11/h2-10H,1H3/b15-9+. The Morgan fingerprint density at radius 2 is 2.00 bits per heavy atom. The molecule has 1 saturated heterocycles. The van der Waals surface area contributed by atoms with Crippen LogP contribution in [0.2, 0.25) is 5.02 Å². The van der Waals surface area contributed by atoms with Crippen molar-refractivity contribution in [3.63, 3.8) is 0 Å². The average molecular weight is 378 g/mol. The Morgan fingerprint density at radius 3 is 2.74 bits per heavy atom. The number of halogens is 1. The highest BCUT2D eigenvalue weighted by atomic mass is 35.5. The molecular weight excluding hydrogens is 366 g/mol. The van der Waals surface area contributed by atoms with Crippen LogP contribution in [0.3, 0.4) is 0 Å². The molecule has 116 valence electrons. The van der Waals surface area contributed by atoms with Crippen LogP contribution in [0.15, 0.2) is 58.3 Å². The van der Waals surface area contributed by atoms with Crippen molar-refractivity contribution in [3.05, 3.63) is 64.0 Å². The van der Waals surface area contributed by atoms with Crippen LogP contribution in [0.25, 0.3) is 6.08 Å². The van der Waals surface area contributed by atoms with Gasteiger partial charge in [0.15, 0.2) is 4.32 Å². The second kappa shape index (κ2) is 7.09. The summed E-state index contributed by atoms with van der Waals surface area (Å²) in [4.78, 5) is 16.0. The van der Waals surface area contributed by atoms with E-state index in [1.54, 1.807) is 22.7 Å². The molecule has 23 heavy (non-hydrogen) atoms. The fraction of sp³-hybridized carbons (Fsp3) is 0.0588. The summed E-state index contributed by atoms with van der Waals surface area (Å²) in [7, 11) is 0. The minimum absolute atomic E-state index is 0.0989. The Bertz CT molecular complexity index is 819. The predicted octanol–water partition coefficient (Wildman–Crippen LogP) is 5.47. The van der Waals surface area contributed by atoms with Crippen molar-refractivity contribution in [2.45, 2.75) is 4.90 Å². The third-order valence-electron chi connectivity index (χ3n) is 3.25. The third-order valence-corrected chi connectivity index (χ3v) is 5.51. The van der Waals surface area contributed by atoms with E-state index in [9.17, 15) is 4.79 Å². The molecule has 2 aromatic carbocycles. The summed E-state index contributed by atoms with van der Waals surface area (Å²) >= 11 is 14.3. The van der Waals surface area contributed by atoms with E-state index in [2.05, 4.69) is 0 Å². The zero-order chi connectivity index (χ0) is 16.4. The van der Waals surface area contributed by atoms with E-state index in [0.717, 1.165) is 16.1 Å². The molecule has 6 heteroatoms. The van der Waals surface area contributed by atoms with E-state index in [0.29, 0.717) is 14.2 Å². The number of rotatable bonds is 3. The minimum atomic E-state index is -0.0989. The summed E-state index contributed by atoms with van der Waals surface area (Å²) in [5.74, 6) is -0.0989. The molecule has 2 nitrogen and oxygen atoms in total. The van der Waals surface area contributed by atoms with Crippen molar-refractivity contribution in [2.24, 2.45) is 0 Å². The Kier molecular flexibility index (Phi) is 5.11. The first-order valence-electron chi connectivity index (χ1n) is 6.76. The monoisotopic (exact) mass is 377 g/mol. The topological polar surface area (TPSA) is 20.3 Å². The fourth-order valence-corrected chi connectivity index (χ4v) is 4.14. The Hall–Kier alpha value is -1.27. The van der Waals surface area contributed by atoms with Crippen molar-refractivity contribution in [3.8, 4) is 0 Å². The third kappa shape index (κ3) is 3.63. The first-order valence-corrected chi connectivity index (χ1v) is 9.59. The number of amides is 1. The molecule has 0 aliphatic carbocycles. The lowest BCUT2D eigenvalue weighted by molar-refractivity contribution is -0.113. The van der Waals surface area contributed by atoms with Gasteiger partial charge in [-0.2, -0.15) is 0 Å². The van der Waals surface area contributed by atoms with E-state index >= 15 is 0 Å². The van der Waals surface area contributed by atoms with E-state index in [1.165, 1.54) is 11.8 Å². The lowest BCUT2D eigenvalue weighted by Gasteiger charge is -2.15. The molecule has 0 N–H and O–H groups in total. The summed E-state index contributed by atoms with van der Waals surface area (Å²) < 4.78 is 0.543. The summed E-state index contributed by atoms with van der Waals surface area (Å²) in [6, 6.07) is 15.2. The number of nitrogens with zero attached hydrogens (tertiary/aromatic N) is 1. The van der Waals surface area contributed by atoms with Crippen LogP contribution in [0.5, 0.6) is 0 Å². The highest BCUT2D eigenvalue weighted by Gasteiger charge is 2.33. The lowest BCUT2D eigenvalue weighted by Crippen LogP contribution is -2.27. The number of anilines is 1. The van der Waals surface area contributed by atoms with Gasteiger partial charge in [0.2, 0.25) is 0 Å². The minimum Gasteiger partial charge on any atom is -0.268 e. The van der Waals surface area contributed by atoms with Crippen LogP contribution < -0.4 is 4.90 Å². The van der Waals surface area contributed by atoms with Crippen LogP contribution >= 0.6 is 47.3 Å². The van der Waals surface area contributed by atoms with Gasteiger partial charge in [-0.15, -0.1) is 11.8 Å². The SMILES string of the molecule is CSc1cccc(N2C(=O)/C(=C\c3cccc(Cl)c3)SC2=S)c1. The van der Waals surface area contributed by atoms with Gasteiger partial charge < -0.3 is 0 Å². The first-order chi connectivity index (χ1) is 11.1. The van der Waals surface area contributed by atoms with Crippen LogP contribution in [-0.2, 0) is 4.79 Å². The molecule has 0 atom stereocenters. The van der Waals surface area contributed by atoms with Gasteiger partial charge in [-0.05, 0) is 48.2 Å². The molecule has 0 bridgehead atoms. The van der Waals surface area contributed by atoms with Crippen molar-refractivity contribution in [1.82, 2.24) is 0 Å². The Labute approximate surface area is 153 Å². The Morgan fingerprint density at radius 1 is 1.22 bits per heavy atom. The van der Waals surface area contributed by atoms with Crippen molar-refractivity contribution in [2.75, 3.05) is 11.2 Å². The second-order valence-corrected chi connectivity index (χ2v) is 7.77. The maximum atomic E-state index is 12.7. The van der Waals surface area contributed by atoms with Gasteiger partial charge in [0, 0.05) is 9.92 Å².